The van der Waals surface area contributed by atoms with E-state index in [2.05, 4.69) is 17.2 Å². The van der Waals surface area contributed by atoms with Gasteiger partial charge >= 0.3 is 0 Å². The molecule has 0 aliphatic rings. The number of aromatic hydroxyl groups is 1. The normalized spacial score (nSPS) is 10.8. The van der Waals surface area contributed by atoms with Crippen molar-refractivity contribution in [2.75, 3.05) is 0 Å². The van der Waals surface area contributed by atoms with Crippen molar-refractivity contribution in [3.63, 3.8) is 0 Å². The van der Waals surface area contributed by atoms with Crippen molar-refractivity contribution in [3.8, 4) is 5.75 Å². The highest BCUT2D eigenvalue weighted by atomic mass is 16.3. The molecule has 1 aromatic heterocycles. The highest BCUT2D eigenvalue weighted by molar-refractivity contribution is 5.32. The molecule has 0 spiro atoms. The van der Waals surface area contributed by atoms with Gasteiger partial charge in [0.15, 0.2) is 0 Å². The van der Waals surface area contributed by atoms with Crippen molar-refractivity contribution in [3.05, 3.63) is 41.2 Å². The highest BCUT2D eigenvalue weighted by Crippen LogP contribution is 2.18. The number of aliphatic hydroxyl groups is 1. The third-order valence-electron chi connectivity index (χ3n) is 2.87. The predicted octanol–water partition coefficient (Wildman–Crippen LogP) is 1.48. The molecular formula is C13H17N3O2. The number of hydrogen-bond acceptors (Lipinski definition) is 4. The molecule has 18 heavy (non-hydrogen) atoms. The van der Waals surface area contributed by atoms with Crippen LogP contribution in [-0.4, -0.2) is 25.2 Å². The van der Waals surface area contributed by atoms with Crippen LogP contribution in [-0.2, 0) is 19.6 Å². The Morgan fingerprint density at radius 1 is 1.28 bits per heavy atom. The van der Waals surface area contributed by atoms with Crippen molar-refractivity contribution in [1.82, 2.24) is 15.0 Å². The van der Waals surface area contributed by atoms with Crippen LogP contribution < -0.4 is 0 Å². The summed E-state index contributed by atoms with van der Waals surface area (Å²) in [6.07, 6.45) is 1.78. The molecule has 0 atom stereocenters. The van der Waals surface area contributed by atoms with E-state index in [1.54, 1.807) is 16.8 Å². The number of para-hydroxylation sites is 1. The molecule has 2 aromatic rings. The Morgan fingerprint density at radius 3 is 2.72 bits per heavy atom. The van der Waals surface area contributed by atoms with Crippen molar-refractivity contribution in [2.45, 2.75) is 32.9 Å². The number of nitrogens with zero attached hydrogens (tertiary/aromatic N) is 3. The highest BCUT2D eigenvalue weighted by Gasteiger charge is 2.12. The molecule has 0 radical (unpaired) electrons. The van der Waals surface area contributed by atoms with Gasteiger partial charge in [0.05, 0.1) is 18.8 Å². The van der Waals surface area contributed by atoms with E-state index in [4.69, 9.17) is 0 Å². The number of phenolic OH excluding ortho intramolecular Hbond substituents is 1. The minimum Gasteiger partial charge on any atom is -0.508 e. The minimum atomic E-state index is -0.101. The van der Waals surface area contributed by atoms with Crippen molar-refractivity contribution in [1.29, 1.82) is 0 Å². The molecule has 0 saturated carbocycles. The number of rotatable bonds is 5. The van der Waals surface area contributed by atoms with Crippen LogP contribution >= 0.6 is 0 Å². The molecule has 0 aliphatic carbocycles. The molecule has 5 nitrogen and oxygen atoms in total. The van der Waals surface area contributed by atoms with Gasteiger partial charge in [0.2, 0.25) is 0 Å². The fraction of sp³-hybridized carbons (Fsp3) is 0.385. The van der Waals surface area contributed by atoms with Gasteiger partial charge in [-0.2, -0.15) is 0 Å². The summed E-state index contributed by atoms with van der Waals surface area (Å²) in [6, 6.07) is 7.16. The zero-order valence-electron chi connectivity index (χ0n) is 10.4. The first-order chi connectivity index (χ1) is 8.76. The van der Waals surface area contributed by atoms with E-state index in [1.165, 1.54) is 0 Å². The van der Waals surface area contributed by atoms with Gasteiger partial charge in [0.1, 0.15) is 11.4 Å². The lowest BCUT2D eigenvalue weighted by Crippen LogP contribution is -2.07. The molecule has 0 amide bonds. The van der Waals surface area contributed by atoms with E-state index in [9.17, 15) is 10.2 Å². The summed E-state index contributed by atoms with van der Waals surface area (Å²) in [7, 11) is 0. The Bertz CT molecular complexity index is 523. The summed E-state index contributed by atoms with van der Waals surface area (Å²) in [5, 5.41) is 27.0. The van der Waals surface area contributed by atoms with Crippen molar-refractivity contribution in [2.24, 2.45) is 0 Å². The van der Waals surface area contributed by atoms with Gasteiger partial charge in [-0.15, -0.1) is 5.10 Å². The number of benzene rings is 1. The quantitative estimate of drug-likeness (QED) is 0.839. The van der Waals surface area contributed by atoms with E-state index in [0.29, 0.717) is 12.2 Å². The van der Waals surface area contributed by atoms with Crippen molar-refractivity contribution < 1.29 is 10.2 Å². The monoisotopic (exact) mass is 247 g/mol. The molecule has 2 rings (SSSR count). The van der Waals surface area contributed by atoms with Crippen LogP contribution in [0.3, 0.4) is 0 Å². The first-order valence-corrected chi connectivity index (χ1v) is 6.05. The maximum absolute atomic E-state index is 9.75. The van der Waals surface area contributed by atoms with Crippen molar-refractivity contribution >= 4 is 0 Å². The fourth-order valence-corrected chi connectivity index (χ4v) is 1.93. The third-order valence-corrected chi connectivity index (χ3v) is 2.87. The van der Waals surface area contributed by atoms with Gasteiger partial charge in [-0.3, -0.25) is 0 Å². The van der Waals surface area contributed by atoms with Crippen LogP contribution in [0.5, 0.6) is 5.75 Å². The van der Waals surface area contributed by atoms with Gasteiger partial charge in [0, 0.05) is 5.56 Å². The average Bonchev–Trinajstić information content (AvgIpc) is 2.75. The Morgan fingerprint density at radius 2 is 2.06 bits per heavy atom. The Kier molecular flexibility index (Phi) is 3.94. The van der Waals surface area contributed by atoms with Gasteiger partial charge in [-0.1, -0.05) is 36.8 Å². The first kappa shape index (κ1) is 12.6. The second kappa shape index (κ2) is 5.64. The van der Waals surface area contributed by atoms with Crippen LogP contribution in [0.1, 0.15) is 30.3 Å². The van der Waals surface area contributed by atoms with E-state index >= 15 is 0 Å². The summed E-state index contributed by atoms with van der Waals surface area (Å²) < 4.78 is 1.74. The molecule has 1 aromatic carbocycles. The van der Waals surface area contributed by atoms with Gasteiger partial charge in [0.25, 0.3) is 0 Å². The molecule has 0 unspecified atom stereocenters. The minimum absolute atomic E-state index is 0.101. The van der Waals surface area contributed by atoms with Gasteiger partial charge < -0.3 is 10.2 Å². The van der Waals surface area contributed by atoms with E-state index in [1.807, 2.05) is 12.1 Å². The average molecular weight is 247 g/mol. The van der Waals surface area contributed by atoms with Crippen LogP contribution in [0.15, 0.2) is 24.3 Å². The van der Waals surface area contributed by atoms with Gasteiger partial charge in [-0.25, -0.2) is 4.68 Å². The molecular weight excluding hydrogens is 230 g/mol. The zero-order chi connectivity index (χ0) is 13.0. The smallest absolute Gasteiger partial charge is 0.120 e. The number of hydrogen-bond donors (Lipinski definition) is 2. The number of aliphatic hydroxyl groups excluding tert-OH is 1. The molecule has 0 saturated heterocycles. The molecule has 0 bridgehead atoms. The predicted molar refractivity (Wildman–Crippen MR) is 67.1 cm³/mol. The zero-order valence-corrected chi connectivity index (χ0v) is 10.4. The summed E-state index contributed by atoms with van der Waals surface area (Å²) in [6.45, 7) is 2.43. The second-order valence-corrected chi connectivity index (χ2v) is 4.18. The lowest BCUT2D eigenvalue weighted by atomic mass is 10.1. The maximum Gasteiger partial charge on any atom is 0.120 e. The second-order valence-electron chi connectivity index (χ2n) is 4.18. The first-order valence-electron chi connectivity index (χ1n) is 6.05. The SMILES string of the molecule is CCCc1c(CO)nnn1Cc1ccccc1O. The summed E-state index contributed by atoms with van der Waals surface area (Å²) in [5.41, 5.74) is 2.35. The van der Waals surface area contributed by atoms with Crippen LogP contribution in [0.4, 0.5) is 0 Å². The lowest BCUT2D eigenvalue weighted by Gasteiger charge is -2.08. The van der Waals surface area contributed by atoms with Crippen LogP contribution in [0.25, 0.3) is 0 Å². The Labute approximate surface area is 106 Å². The lowest BCUT2D eigenvalue weighted by molar-refractivity contribution is 0.275. The Hall–Kier alpha value is -1.88. The largest absolute Gasteiger partial charge is 0.508 e. The number of aromatic nitrogens is 3. The van der Waals surface area contributed by atoms with Crippen LogP contribution in [0, 0.1) is 0 Å². The molecule has 5 heteroatoms. The van der Waals surface area contributed by atoms with E-state index in [0.717, 1.165) is 24.1 Å². The molecule has 1 heterocycles. The summed E-state index contributed by atoms with van der Waals surface area (Å²) >= 11 is 0. The molecule has 2 N–H and O–H groups in total. The summed E-state index contributed by atoms with van der Waals surface area (Å²) in [5.74, 6) is 0.251. The summed E-state index contributed by atoms with van der Waals surface area (Å²) in [4.78, 5) is 0. The van der Waals surface area contributed by atoms with Gasteiger partial charge in [-0.05, 0) is 12.5 Å². The van der Waals surface area contributed by atoms with Crippen LogP contribution in [0.2, 0.25) is 0 Å². The third kappa shape index (κ3) is 2.51. The maximum atomic E-state index is 9.75. The molecule has 96 valence electrons. The fourth-order valence-electron chi connectivity index (χ4n) is 1.93. The molecule has 0 fully saturated rings. The standard InChI is InChI=1S/C13H17N3O2/c1-2-5-12-11(9-17)14-15-16(12)8-10-6-3-4-7-13(10)18/h3-4,6-7,17-18H,2,5,8-9H2,1H3. The number of phenols is 1. The van der Waals surface area contributed by atoms with E-state index in [-0.39, 0.29) is 12.4 Å². The van der Waals surface area contributed by atoms with E-state index < -0.39 is 0 Å². The molecule has 0 aliphatic heterocycles. The topological polar surface area (TPSA) is 71.2 Å². The Balaban J connectivity index is 2.29.